The molecule has 0 radical (unpaired) electrons. The van der Waals surface area contributed by atoms with E-state index in [9.17, 15) is 17.6 Å². The normalized spacial score (nSPS) is 20.9. The predicted octanol–water partition coefficient (Wildman–Crippen LogP) is 1.62. The molecule has 0 saturated heterocycles. The monoisotopic (exact) mass is 271 g/mol. The molecule has 1 fully saturated rings. The Morgan fingerprint density at radius 3 is 2.67 bits per heavy atom. The smallest absolute Gasteiger partial charge is 0.243 e. The maximum absolute atomic E-state index is 13.4. The number of hydrogen-bond donors (Lipinski definition) is 1. The van der Waals surface area contributed by atoms with Gasteiger partial charge in [0.2, 0.25) is 10.0 Å². The van der Waals surface area contributed by atoms with Crippen LogP contribution >= 0.6 is 0 Å². The van der Waals surface area contributed by atoms with Gasteiger partial charge in [0.1, 0.15) is 16.5 Å². The van der Waals surface area contributed by atoms with Crippen molar-refractivity contribution in [2.24, 2.45) is 0 Å². The van der Waals surface area contributed by atoms with Gasteiger partial charge in [-0.25, -0.2) is 17.5 Å². The van der Waals surface area contributed by atoms with Crippen molar-refractivity contribution in [3.63, 3.8) is 0 Å². The Morgan fingerprint density at radius 2 is 2.00 bits per heavy atom. The second-order valence-electron chi connectivity index (χ2n) is 4.38. The fraction of sp³-hybridized carbons (Fsp3) is 0.417. The van der Waals surface area contributed by atoms with Gasteiger partial charge in [0.15, 0.2) is 0 Å². The van der Waals surface area contributed by atoms with Gasteiger partial charge in [-0.2, -0.15) is 0 Å². The zero-order valence-electron chi connectivity index (χ0n) is 9.73. The topological polar surface area (TPSA) is 63.2 Å². The lowest BCUT2D eigenvalue weighted by atomic mass is 9.95. The van der Waals surface area contributed by atoms with E-state index in [1.165, 1.54) is 18.2 Å². The summed E-state index contributed by atoms with van der Waals surface area (Å²) in [6.07, 6.45) is 1.97. The highest BCUT2D eigenvalue weighted by Crippen LogP contribution is 2.19. The summed E-state index contributed by atoms with van der Waals surface area (Å²) in [5.74, 6) is -0.741. The van der Waals surface area contributed by atoms with E-state index >= 15 is 0 Å². The van der Waals surface area contributed by atoms with E-state index in [1.807, 2.05) is 0 Å². The van der Waals surface area contributed by atoms with Gasteiger partial charge in [0.25, 0.3) is 0 Å². The highest BCUT2D eigenvalue weighted by molar-refractivity contribution is 7.89. The summed E-state index contributed by atoms with van der Waals surface area (Å²) in [6.45, 7) is 0. The summed E-state index contributed by atoms with van der Waals surface area (Å²) in [6, 6.07) is 4.78. The van der Waals surface area contributed by atoms with E-state index in [1.54, 1.807) is 0 Å². The average Bonchev–Trinajstić information content (AvgIpc) is 2.28. The fourth-order valence-electron chi connectivity index (χ4n) is 2.07. The molecular formula is C12H14FNO3S. The average molecular weight is 271 g/mol. The molecule has 4 nitrogen and oxygen atoms in total. The summed E-state index contributed by atoms with van der Waals surface area (Å²) >= 11 is 0. The van der Waals surface area contributed by atoms with E-state index in [0.29, 0.717) is 19.3 Å². The first-order valence-electron chi connectivity index (χ1n) is 5.77. The van der Waals surface area contributed by atoms with E-state index in [4.69, 9.17) is 0 Å². The van der Waals surface area contributed by atoms with Crippen LogP contribution < -0.4 is 4.72 Å². The van der Waals surface area contributed by atoms with Crippen LogP contribution in [0.15, 0.2) is 29.2 Å². The maximum Gasteiger partial charge on any atom is 0.243 e. The van der Waals surface area contributed by atoms with Gasteiger partial charge in [0, 0.05) is 18.9 Å². The lowest BCUT2D eigenvalue weighted by molar-refractivity contribution is -0.120. The Bertz CT molecular complexity index is 556. The largest absolute Gasteiger partial charge is 0.300 e. The molecule has 1 aromatic carbocycles. The summed E-state index contributed by atoms with van der Waals surface area (Å²) in [5.41, 5.74) is 0. The SMILES string of the molecule is O=C1CCCC(NS(=O)(=O)c2ccccc2F)C1. The summed E-state index contributed by atoms with van der Waals surface area (Å²) < 4.78 is 39.8. The molecule has 6 heteroatoms. The molecule has 0 heterocycles. The highest BCUT2D eigenvalue weighted by Gasteiger charge is 2.26. The maximum atomic E-state index is 13.4. The Kier molecular flexibility index (Phi) is 3.77. The summed E-state index contributed by atoms with van der Waals surface area (Å²) in [4.78, 5) is 10.9. The second kappa shape index (κ2) is 5.16. The minimum Gasteiger partial charge on any atom is -0.300 e. The molecule has 1 atom stereocenters. The van der Waals surface area contributed by atoms with Crippen molar-refractivity contribution in [2.75, 3.05) is 0 Å². The van der Waals surface area contributed by atoms with Crippen molar-refractivity contribution >= 4 is 15.8 Å². The molecule has 1 saturated carbocycles. The Balaban J connectivity index is 2.17. The molecule has 0 amide bonds. The molecule has 1 aliphatic rings. The molecule has 0 bridgehead atoms. The Hall–Kier alpha value is -1.27. The zero-order chi connectivity index (χ0) is 13.2. The van der Waals surface area contributed by atoms with E-state index in [2.05, 4.69) is 4.72 Å². The van der Waals surface area contributed by atoms with Gasteiger partial charge in [-0.15, -0.1) is 0 Å². The number of nitrogens with one attached hydrogen (secondary N) is 1. The number of carbonyl (C=O) groups excluding carboxylic acids is 1. The lowest BCUT2D eigenvalue weighted by Crippen LogP contribution is -2.38. The molecule has 0 aromatic heterocycles. The van der Waals surface area contributed by atoms with Crippen molar-refractivity contribution in [3.05, 3.63) is 30.1 Å². The van der Waals surface area contributed by atoms with Crippen molar-refractivity contribution in [1.29, 1.82) is 0 Å². The Morgan fingerprint density at radius 1 is 1.28 bits per heavy atom. The number of rotatable bonds is 3. The molecule has 0 spiro atoms. The number of sulfonamides is 1. The van der Waals surface area contributed by atoms with E-state index in [0.717, 1.165) is 6.07 Å². The number of carbonyl (C=O) groups is 1. The molecule has 1 aromatic rings. The van der Waals surface area contributed by atoms with Crippen LogP contribution in [-0.4, -0.2) is 20.2 Å². The third-order valence-corrected chi connectivity index (χ3v) is 4.48. The number of ketones is 1. The fourth-order valence-corrected chi connectivity index (χ4v) is 3.42. The number of benzene rings is 1. The lowest BCUT2D eigenvalue weighted by Gasteiger charge is -2.21. The number of halogens is 1. The molecule has 0 aliphatic heterocycles. The molecule has 18 heavy (non-hydrogen) atoms. The minimum absolute atomic E-state index is 0.0440. The van der Waals surface area contributed by atoms with Crippen LogP contribution in [-0.2, 0) is 14.8 Å². The molecule has 1 aliphatic carbocycles. The first-order chi connectivity index (χ1) is 8.49. The van der Waals surface area contributed by atoms with Crippen molar-refractivity contribution in [3.8, 4) is 0 Å². The molecular weight excluding hydrogens is 257 g/mol. The van der Waals surface area contributed by atoms with Crippen molar-refractivity contribution in [2.45, 2.75) is 36.6 Å². The van der Waals surface area contributed by atoms with Gasteiger partial charge in [-0.3, -0.25) is 4.79 Å². The van der Waals surface area contributed by atoms with Crippen LogP contribution in [0, 0.1) is 5.82 Å². The molecule has 98 valence electrons. The van der Waals surface area contributed by atoms with Crippen LogP contribution in [0.3, 0.4) is 0 Å². The second-order valence-corrected chi connectivity index (χ2v) is 6.07. The standard InChI is InChI=1S/C12H14FNO3S/c13-11-6-1-2-7-12(11)18(16,17)14-9-4-3-5-10(15)8-9/h1-2,6-7,9,14H,3-5,8H2. The zero-order valence-corrected chi connectivity index (χ0v) is 10.5. The van der Waals surface area contributed by atoms with Gasteiger partial charge >= 0.3 is 0 Å². The van der Waals surface area contributed by atoms with Crippen molar-refractivity contribution < 1.29 is 17.6 Å². The number of hydrogen-bond acceptors (Lipinski definition) is 3. The first kappa shape index (κ1) is 13.2. The van der Waals surface area contributed by atoms with Crippen molar-refractivity contribution in [1.82, 2.24) is 4.72 Å². The van der Waals surface area contributed by atoms with Crippen LogP contribution in [0.2, 0.25) is 0 Å². The first-order valence-corrected chi connectivity index (χ1v) is 7.26. The van der Waals surface area contributed by atoms with E-state index in [-0.39, 0.29) is 17.1 Å². The summed E-state index contributed by atoms with van der Waals surface area (Å²) in [7, 11) is -3.89. The van der Waals surface area contributed by atoms with Gasteiger partial charge in [-0.1, -0.05) is 12.1 Å². The number of Topliss-reactive ketones (excluding diaryl/α,β-unsaturated/α-hetero) is 1. The van der Waals surface area contributed by atoms with Gasteiger partial charge in [-0.05, 0) is 25.0 Å². The predicted molar refractivity (Wildman–Crippen MR) is 64.0 cm³/mol. The molecule has 1 unspecified atom stereocenters. The van der Waals surface area contributed by atoms with E-state index < -0.39 is 21.9 Å². The van der Waals surface area contributed by atoms with Crippen LogP contribution in [0.1, 0.15) is 25.7 Å². The Labute approximate surface area is 105 Å². The van der Waals surface area contributed by atoms with Crippen LogP contribution in [0.4, 0.5) is 4.39 Å². The van der Waals surface area contributed by atoms with Gasteiger partial charge < -0.3 is 0 Å². The molecule has 2 rings (SSSR count). The van der Waals surface area contributed by atoms with Crippen LogP contribution in [0.5, 0.6) is 0 Å². The van der Waals surface area contributed by atoms with Crippen LogP contribution in [0.25, 0.3) is 0 Å². The quantitative estimate of drug-likeness (QED) is 0.908. The highest BCUT2D eigenvalue weighted by atomic mass is 32.2. The van der Waals surface area contributed by atoms with Gasteiger partial charge in [0.05, 0.1) is 0 Å². The minimum atomic E-state index is -3.89. The third-order valence-electron chi connectivity index (χ3n) is 2.93. The third kappa shape index (κ3) is 2.94. The summed E-state index contributed by atoms with van der Waals surface area (Å²) in [5, 5.41) is 0. The molecule has 1 N–H and O–H groups in total.